The lowest BCUT2D eigenvalue weighted by atomic mass is 10.3. The Balaban J connectivity index is 1.73. The maximum Gasteiger partial charge on any atom is 0.275 e. The first-order valence-electron chi connectivity index (χ1n) is 8.41. The number of amides is 1. The van der Waals surface area contributed by atoms with Gasteiger partial charge in [0, 0.05) is 25.4 Å². The van der Waals surface area contributed by atoms with Gasteiger partial charge in [-0.2, -0.15) is 0 Å². The van der Waals surface area contributed by atoms with Gasteiger partial charge in [-0.05, 0) is 24.4 Å². The van der Waals surface area contributed by atoms with Gasteiger partial charge in [0.05, 0.1) is 39.9 Å². The number of carbonyl (C=O) groups is 1. The Labute approximate surface area is 154 Å². The number of hydrogen-bond donors (Lipinski definition) is 3. The number of nitrogens with zero attached hydrogens (tertiary/aromatic N) is 1. The van der Waals surface area contributed by atoms with Gasteiger partial charge < -0.3 is 29.9 Å². The molecule has 2 rings (SSSR count). The van der Waals surface area contributed by atoms with E-state index in [2.05, 4.69) is 15.5 Å². The Morgan fingerprint density at radius 1 is 1.32 bits per heavy atom. The molecule has 0 aliphatic carbocycles. The first-order chi connectivity index (χ1) is 12.1. The number of rotatable bonds is 7. The number of carbonyl (C=O) groups excluding carboxylic acids is 1. The molecule has 1 aromatic carbocycles. The minimum atomic E-state index is 0.0672. The number of hydrogen-bond acceptors (Lipinski definition) is 4. The number of anilines is 1. The van der Waals surface area contributed by atoms with Gasteiger partial charge in [-0.3, -0.25) is 4.79 Å². The van der Waals surface area contributed by atoms with Crippen molar-refractivity contribution >= 4 is 28.9 Å². The van der Waals surface area contributed by atoms with E-state index in [0.29, 0.717) is 24.8 Å². The van der Waals surface area contributed by atoms with E-state index in [1.807, 2.05) is 24.3 Å². The maximum atomic E-state index is 11.9. The lowest BCUT2D eigenvalue weighted by Crippen LogP contribution is -3.15. The summed E-state index contributed by atoms with van der Waals surface area (Å²) in [6.07, 6.45) is 0. The van der Waals surface area contributed by atoms with Crippen molar-refractivity contribution in [3.63, 3.8) is 0 Å². The Morgan fingerprint density at radius 2 is 2.08 bits per heavy atom. The van der Waals surface area contributed by atoms with Gasteiger partial charge in [0.25, 0.3) is 5.91 Å². The third-order valence-electron chi connectivity index (χ3n) is 4.12. The van der Waals surface area contributed by atoms with E-state index in [0.717, 1.165) is 37.6 Å². The van der Waals surface area contributed by atoms with E-state index < -0.39 is 0 Å². The molecule has 1 heterocycles. The highest BCUT2D eigenvalue weighted by Gasteiger charge is 2.23. The SMILES string of the molecule is COCCNC(=O)C[NH+]1CCN(C(=S)Nc2cccc(OC)c2)CC1. The summed E-state index contributed by atoms with van der Waals surface area (Å²) in [6, 6.07) is 7.70. The van der Waals surface area contributed by atoms with Crippen molar-refractivity contribution in [3.05, 3.63) is 24.3 Å². The minimum Gasteiger partial charge on any atom is -0.497 e. The van der Waals surface area contributed by atoms with Gasteiger partial charge in [-0.15, -0.1) is 0 Å². The van der Waals surface area contributed by atoms with Crippen LogP contribution >= 0.6 is 12.2 Å². The highest BCUT2D eigenvalue weighted by atomic mass is 32.1. The minimum absolute atomic E-state index is 0.0672. The summed E-state index contributed by atoms with van der Waals surface area (Å²) in [6.45, 7) is 5.03. The molecular formula is C17H27N4O3S+. The van der Waals surface area contributed by atoms with E-state index in [1.165, 1.54) is 4.90 Å². The van der Waals surface area contributed by atoms with Gasteiger partial charge in [0.15, 0.2) is 11.7 Å². The number of piperazine rings is 1. The van der Waals surface area contributed by atoms with Gasteiger partial charge in [-0.1, -0.05) is 6.07 Å². The molecule has 1 saturated heterocycles. The zero-order valence-electron chi connectivity index (χ0n) is 14.8. The van der Waals surface area contributed by atoms with E-state index >= 15 is 0 Å². The highest BCUT2D eigenvalue weighted by Crippen LogP contribution is 2.17. The summed E-state index contributed by atoms with van der Waals surface area (Å²) in [5.74, 6) is 0.860. The molecule has 0 spiro atoms. The van der Waals surface area contributed by atoms with Crippen LogP contribution in [0.4, 0.5) is 5.69 Å². The van der Waals surface area contributed by atoms with Crippen LogP contribution in [0.5, 0.6) is 5.75 Å². The first kappa shape index (κ1) is 19.4. The average Bonchev–Trinajstić information content (AvgIpc) is 2.62. The number of ether oxygens (including phenoxy) is 2. The molecule has 0 saturated carbocycles. The third kappa shape index (κ3) is 6.49. The lowest BCUT2D eigenvalue weighted by molar-refractivity contribution is -0.895. The Hall–Kier alpha value is -1.90. The van der Waals surface area contributed by atoms with Crippen LogP contribution in [0.2, 0.25) is 0 Å². The second-order valence-electron chi connectivity index (χ2n) is 5.92. The molecule has 0 bridgehead atoms. The molecule has 0 radical (unpaired) electrons. The lowest BCUT2D eigenvalue weighted by Gasteiger charge is -2.33. The topological polar surface area (TPSA) is 67.3 Å². The van der Waals surface area contributed by atoms with Crippen molar-refractivity contribution in [1.82, 2.24) is 10.2 Å². The molecule has 3 N–H and O–H groups in total. The molecule has 7 nitrogen and oxygen atoms in total. The molecule has 0 atom stereocenters. The predicted molar refractivity (Wildman–Crippen MR) is 101 cm³/mol. The average molecular weight is 367 g/mol. The summed E-state index contributed by atoms with van der Waals surface area (Å²) in [4.78, 5) is 15.3. The summed E-state index contributed by atoms with van der Waals surface area (Å²) < 4.78 is 10.2. The van der Waals surface area contributed by atoms with Crippen molar-refractivity contribution in [2.24, 2.45) is 0 Å². The fraction of sp³-hybridized carbons (Fsp3) is 0.529. The number of benzene rings is 1. The third-order valence-corrected chi connectivity index (χ3v) is 4.48. The maximum absolute atomic E-state index is 11.9. The summed E-state index contributed by atoms with van der Waals surface area (Å²) >= 11 is 5.50. The van der Waals surface area contributed by atoms with Gasteiger partial charge in [0.2, 0.25) is 0 Å². The number of thiocarbonyl (C=S) groups is 1. The zero-order valence-corrected chi connectivity index (χ0v) is 15.7. The van der Waals surface area contributed by atoms with Gasteiger partial charge in [0.1, 0.15) is 5.75 Å². The van der Waals surface area contributed by atoms with Crippen LogP contribution < -0.4 is 20.3 Å². The van der Waals surface area contributed by atoms with Crippen LogP contribution in [0, 0.1) is 0 Å². The highest BCUT2D eigenvalue weighted by molar-refractivity contribution is 7.80. The van der Waals surface area contributed by atoms with Crippen molar-refractivity contribution in [1.29, 1.82) is 0 Å². The van der Waals surface area contributed by atoms with E-state index in [9.17, 15) is 4.79 Å². The summed E-state index contributed by atoms with van der Waals surface area (Å²) in [5.41, 5.74) is 0.914. The molecule has 1 aliphatic heterocycles. The normalized spacial score (nSPS) is 14.9. The number of quaternary nitrogens is 1. The van der Waals surface area contributed by atoms with E-state index in [-0.39, 0.29) is 5.91 Å². The molecule has 0 unspecified atom stereocenters. The zero-order chi connectivity index (χ0) is 18.1. The van der Waals surface area contributed by atoms with Gasteiger partial charge >= 0.3 is 0 Å². The smallest absolute Gasteiger partial charge is 0.275 e. The Bertz CT molecular complexity index is 577. The Morgan fingerprint density at radius 3 is 2.76 bits per heavy atom. The van der Waals surface area contributed by atoms with Crippen LogP contribution in [0.1, 0.15) is 0 Å². The number of nitrogens with one attached hydrogen (secondary N) is 3. The number of methoxy groups -OCH3 is 2. The first-order valence-corrected chi connectivity index (χ1v) is 8.82. The second-order valence-corrected chi connectivity index (χ2v) is 6.31. The van der Waals surface area contributed by atoms with Crippen molar-refractivity contribution in [2.45, 2.75) is 0 Å². The standard InChI is InChI=1S/C17H26N4O3S/c1-23-11-6-18-16(22)13-20-7-9-21(10-8-20)17(25)19-14-4-3-5-15(12-14)24-2/h3-5,12H,6-11,13H2,1-2H3,(H,18,22)(H,19,25)/p+1. The molecule has 0 aromatic heterocycles. The van der Waals surface area contributed by atoms with Crippen molar-refractivity contribution in [3.8, 4) is 5.75 Å². The predicted octanol–water partition coefficient (Wildman–Crippen LogP) is -0.645. The fourth-order valence-electron chi connectivity index (χ4n) is 2.69. The molecule has 138 valence electrons. The van der Waals surface area contributed by atoms with Crippen LogP contribution in [0.25, 0.3) is 0 Å². The van der Waals surface area contributed by atoms with Crippen LogP contribution in [-0.2, 0) is 9.53 Å². The molecule has 25 heavy (non-hydrogen) atoms. The molecule has 8 heteroatoms. The molecule has 1 aliphatic rings. The van der Waals surface area contributed by atoms with E-state index in [4.69, 9.17) is 21.7 Å². The summed E-state index contributed by atoms with van der Waals surface area (Å²) in [7, 11) is 3.27. The summed E-state index contributed by atoms with van der Waals surface area (Å²) in [5, 5.41) is 6.82. The monoisotopic (exact) mass is 367 g/mol. The van der Waals surface area contributed by atoms with E-state index in [1.54, 1.807) is 14.2 Å². The van der Waals surface area contributed by atoms with Crippen molar-refractivity contribution in [2.75, 3.05) is 65.4 Å². The quantitative estimate of drug-likeness (QED) is 0.440. The fourth-order valence-corrected chi connectivity index (χ4v) is 2.99. The van der Waals surface area contributed by atoms with Crippen molar-refractivity contribution < 1.29 is 19.2 Å². The molecule has 1 aromatic rings. The molecule has 1 fully saturated rings. The molecular weight excluding hydrogens is 340 g/mol. The largest absolute Gasteiger partial charge is 0.497 e. The Kier molecular flexibility index (Phi) is 7.90. The molecule has 1 amide bonds. The van der Waals surface area contributed by atoms with Crippen LogP contribution in [0.3, 0.4) is 0 Å². The van der Waals surface area contributed by atoms with Crippen LogP contribution in [0.15, 0.2) is 24.3 Å². The van der Waals surface area contributed by atoms with Crippen LogP contribution in [-0.4, -0.2) is 76.0 Å². The second kappa shape index (κ2) is 10.2. The van der Waals surface area contributed by atoms with Gasteiger partial charge in [-0.25, -0.2) is 0 Å².